The summed E-state index contributed by atoms with van der Waals surface area (Å²) in [5.41, 5.74) is 5.96. The van der Waals surface area contributed by atoms with Crippen molar-refractivity contribution in [2.24, 2.45) is 0 Å². The van der Waals surface area contributed by atoms with Crippen LogP contribution in [0.3, 0.4) is 0 Å². The fraction of sp³-hybridized carbons (Fsp3) is 0.200. The van der Waals surface area contributed by atoms with Gasteiger partial charge in [0.2, 0.25) is 0 Å². The van der Waals surface area contributed by atoms with Gasteiger partial charge in [0.05, 0.1) is 8.07 Å². The van der Waals surface area contributed by atoms with Crippen LogP contribution in [0.25, 0.3) is 42.7 Å². The SMILES string of the molecule is Cc1cc(-c2[c-]cccc2)ncc1[Si](C)(C)C.[2H]C(C)(C)c1ccnc(-c2[c-]ccc3c2sc2cccc(F)c23)c1.[Ir]. The third-order valence-electron chi connectivity index (χ3n) is 6.90. The summed E-state index contributed by atoms with van der Waals surface area (Å²) < 4.78 is 24.4. The predicted octanol–water partition coefficient (Wildman–Crippen LogP) is 9.58. The van der Waals surface area contributed by atoms with Crippen molar-refractivity contribution in [2.75, 3.05) is 0 Å². The Bertz CT molecular complexity index is 1840. The second-order valence-corrected chi connectivity index (χ2v) is 17.2. The first-order valence-electron chi connectivity index (χ1n) is 13.9. The van der Waals surface area contributed by atoms with Crippen molar-refractivity contribution in [3.8, 4) is 22.5 Å². The maximum absolute atomic E-state index is 14.3. The fourth-order valence-corrected chi connectivity index (χ4v) is 7.79. The molecule has 6 heteroatoms. The van der Waals surface area contributed by atoms with Crippen molar-refractivity contribution in [3.63, 3.8) is 0 Å². The molecule has 0 aliphatic rings. The van der Waals surface area contributed by atoms with E-state index in [1.54, 1.807) is 23.6 Å². The van der Waals surface area contributed by atoms with Gasteiger partial charge in [0, 0.05) is 44.0 Å². The third kappa shape index (κ3) is 6.73. The van der Waals surface area contributed by atoms with Gasteiger partial charge in [-0.15, -0.1) is 59.7 Å². The van der Waals surface area contributed by atoms with Crippen molar-refractivity contribution in [1.82, 2.24) is 9.97 Å². The van der Waals surface area contributed by atoms with E-state index in [2.05, 4.69) is 67.0 Å². The minimum absolute atomic E-state index is 0. The second kappa shape index (κ2) is 12.9. The Hall–Kier alpha value is -3.02. The van der Waals surface area contributed by atoms with Crippen molar-refractivity contribution in [1.29, 1.82) is 0 Å². The molecule has 0 saturated carbocycles. The summed E-state index contributed by atoms with van der Waals surface area (Å²) in [7, 11) is -1.27. The molecule has 0 spiro atoms. The second-order valence-electron chi connectivity index (χ2n) is 11.2. The molecule has 0 unspecified atom stereocenters. The molecule has 0 aliphatic carbocycles. The van der Waals surface area contributed by atoms with Crippen molar-refractivity contribution in [3.05, 3.63) is 114 Å². The van der Waals surface area contributed by atoms with Crippen LogP contribution in [0.5, 0.6) is 0 Å². The average molecular weight is 754 g/mol. The van der Waals surface area contributed by atoms with Crippen LogP contribution in [0.4, 0.5) is 4.39 Å². The van der Waals surface area contributed by atoms with E-state index in [0.29, 0.717) is 5.39 Å². The number of hydrogen-bond donors (Lipinski definition) is 0. The molecular weight excluding hydrogens is 720 g/mol. The maximum atomic E-state index is 14.3. The van der Waals surface area contributed by atoms with Gasteiger partial charge >= 0.3 is 0 Å². The van der Waals surface area contributed by atoms with E-state index in [0.717, 1.165) is 42.9 Å². The normalized spacial score (nSPS) is 11.9. The summed E-state index contributed by atoms with van der Waals surface area (Å²) in [5, 5.41) is 2.99. The fourth-order valence-electron chi connectivity index (χ4n) is 4.86. The van der Waals surface area contributed by atoms with Gasteiger partial charge in [-0.25, -0.2) is 4.39 Å². The van der Waals surface area contributed by atoms with Gasteiger partial charge in [0.15, 0.2) is 0 Å². The van der Waals surface area contributed by atoms with E-state index in [4.69, 9.17) is 1.37 Å². The maximum Gasteiger partial charge on any atom is 0.130 e. The predicted molar refractivity (Wildman–Crippen MR) is 172 cm³/mol. The zero-order valence-corrected chi connectivity index (χ0v) is 28.3. The summed E-state index contributed by atoms with van der Waals surface area (Å²) in [6.07, 6.45) is 3.78. The number of aryl methyl sites for hydroxylation is 1. The molecular formula is C35H33FIrN2SSi-2. The molecule has 211 valence electrons. The number of benzene rings is 3. The monoisotopic (exact) mass is 754 g/mol. The van der Waals surface area contributed by atoms with E-state index in [9.17, 15) is 4.39 Å². The average Bonchev–Trinajstić information content (AvgIpc) is 3.33. The molecule has 1 radical (unpaired) electrons. The van der Waals surface area contributed by atoms with Crippen LogP contribution >= 0.6 is 11.3 Å². The van der Waals surface area contributed by atoms with Gasteiger partial charge in [-0.05, 0) is 52.3 Å². The first kappa shape index (κ1) is 29.5. The van der Waals surface area contributed by atoms with E-state index in [-0.39, 0.29) is 25.9 Å². The number of halogens is 1. The number of hydrogen-bond acceptors (Lipinski definition) is 3. The Morgan fingerprint density at radius 1 is 0.927 bits per heavy atom. The number of aromatic nitrogens is 2. The van der Waals surface area contributed by atoms with Crippen LogP contribution in [0.1, 0.15) is 32.2 Å². The van der Waals surface area contributed by atoms with Crippen LogP contribution in [0, 0.1) is 24.9 Å². The Kier molecular flexibility index (Phi) is 9.25. The molecule has 0 aliphatic heterocycles. The summed E-state index contributed by atoms with van der Waals surface area (Å²) in [4.78, 5) is 9.04. The topological polar surface area (TPSA) is 25.8 Å². The number of pyridine rings is 2. The van der Waals surface area contributed by atoms with Crippen LogP contribution < -0.4 is 5.19 Å². The molecule has 0 fully saturated rings. The van der Waals surface area contributed by atoms with Gasteiger partial charge in [0.25, 0.3) is 0 Å². The molecule has 0 amide bonds. The minimum atomic E-state index is -1.27. The number of nitrogens with zero attached hydrogens (tertiary/aromatic N) is 2. The molecule has 3 heterocycles. The Morgan fingerprint density at radius 2 is 1.73 bits per heavy atom. The molecule has 6 rings (SSSR count). The van der Waals surface area contributed by atoms with E-state index in [1.807, 2.05) is 62.4 Å². The van der Waals surface area contributed by atoms with E-state index in [1.165, 1.54) is 16.8 Å². The summed E-state index contributed by atoms with van der Waals surface area (Å²) in [6.45, 7) is 12.9. The summed E-state index contributed by atoms with van der Waals surface area (Å²) in [6, 6.07) is 29.3. The molecule has 6 aromatic rings. The number of rotatable bonds is 4. The molecule has 0 atom stereocenters. The van der Waals surface area contributed by atoms with Crippen LogP contribution in [0.2, 0.25) is 19.6 Å². The molecule has 0 N–H and O–H groups in total. The third-order valence-corrected chi connectivity index (χ3v) is 10.2. The zero-order valence-electron chi connectivity index (χ0n) is 25.1. The largest absolute Gasteiger partial charge is 0.305 e. The number of fused-ring (bicyclic) bond motifs is 3. The minimum Gasteiger partial charge on any atom is -0.305 e. The Labute approximate surface area is 262 Å². The van der Waals surface area contributed by atoms with Crippen molar-refractivity contribution < 1.29 is 25.9 Å². The van der Waals surface area contributed by atoms with Gasteiger partial charge in [0.1, 0.15) is 5.82 Å². The summed E-state index contributed by atoms with van der Waals surface area (Å²) in [5.74, 6) is -0.900. The first-order chi connectivity index (χ1) is 19.4. The summed E-state index contributed by atoms with van der Waals surface area (Å²) >= 11 is 1.55. The van der Waals surface area contributed by atoms with Crippen LogP contribution in [-0.4, -0.2) is 18.0 Å². The molecule has 41 heavy (non-hydrogen) atoms. The molecule has 3 aromatic heterocycles. The standard InChI is InChI=1S/C20H15FNS.C15H18NSi.Ir/c1-12(2)13-9-10-22-17(11-13)14-5-3-6-15-19-16(21)7-4-8-18(19)23-20(14)15;1-12-10-14(13-8-6-5-7-9-13)16-11-15(12)17(2,3)4;/h3-4,6-12H,1-2H3;5-8,10-11H,1-4H3;/q2*-1;/i12D;;. The van der Waals surface area contributed by atoms with Gasteiger partial charge < -0.3 is 9.97 Å². The van der Waals surface area contributed by atoms with Crippen LogP contribution in [-0.2, 0) is 20.1 Å². The van der Waals surface area contributed by atoms with E-state index < -0.39 is 14.0 Å². The zero-order chi connectivity index (χ0) is 29.4. The Morgan fingerprint density at radius 3 is 2.41 bits per heavy atom. The molecule has 3 aromatic carbocycles. The van der Waals surface area contributed by atoms with Crippen LogP contribution in [0.15, 0.2) is 85.2 Å². The van der Waals surface area contributed by atoms with E-state index >= 15 is 0 Å². The van der Waals surface area contributed by atoms with Gasteiger partial charge in [-0.1, -0.05) is 68.2 Å². The number of thiophene rings is 1. The van der Waals surface area contributed by atoms with Gasteiger partial charge in [-0.2, -0.15) is 11.3 Å². The molecule has 2 nitrogen and oxygen atoms in total. The van der Waals surface area contributed by atoms with Gasteiger partial charge in [-0.3, -0.25) is 0 Å². The smallest absolute Gasteiger partial charge is 0.130 e. The van der Waals surface area contributed by atoms with Crippen molar-refractivity contribution in [2.45, 2.75) is 46.3 Å². The Balaban J connectivity index is 0.000000200. The molecule has 0 saturated heterocycles. The first-order valence-corrected chi connectivity index (χ1v) is 17.7. The van der Waals surface area contributed by atoms with Crippen molar-refractivity contribution >= 4 is 44.8 Å². The quantitative estimate of drug-likeness (QED) is 0.133. The molecule has 0 bridgehead atoms.